The second-order valence-electron chi connectivity index (χ2n) is 7.93. The van der Waals surface area contributed by atoms with Crippen molar-refractivity contribution in [2.24, 2.45) is 0 Å². The van der Waals surface area contributed by atoms with Crippen molar-refractivity contribution in [3.05, 3.63) is 68.5 Å². The summed E-state index contributed by atoms with van der Waals surface area (Å²) in [4.78, 5) is 30.2. The van der Waals surface area contributed by atoms with Crippen molar-refractivity contribution >= 4 is 32.7 Å². The molecular formula is C23H26BrN3O2. The number of fused-ring (bicyclic) bond motifs is 1. The standard InChI is InChI=1S/C23H26BrN3O2/c1-16-4-6-17(7-5-16)22(28)3-2-12-26-13-10-19(11-14-26)27-21-9-8-18(24)15-20(21)25-23(27)29/h4-9,15,19H,2-3,10-14H2,1H3,(H,25,29). The van der Waals surface area contributed by atoms with E-state index in [1.807, 2.05) is 54.0 Å². The first-order chi connectivity index (χ1) is 14.0. The molecule has 1 aliphatic rings. The highest BCUT2D eigenvalue weighted by Gasteiger charge is 2.23. The fourth-order valence-corrected chi connectivity index (χ4v) is 4.58. The van der Waals surface area contributed by atoms with Gasteiger partial charge in [0.15, 0.2) is 5.78 Å². The van der Waals surface area contributed by atoms with Gasteiger partial charge in [-0.25, -0.2) is 4.79 Å². The number of carbonyl (C=O) groups excluding carboxylic acids is 1. The lowest BCUT2D eigenvalue weighted by Gasteiger charge is -2.32. The van der Waals surface area contributed by atoms with Gasteiger partial charge in [-0.1, -0.05) is 45.8 Å². The monoisotopic (exact) mass is 455 g/mol. The van der Waals surface area contributed by atoms with Crippen molar-refractivity contribution in [2.45, 2.75) is 38.6 Å². The molecule has 2 aromatic carbocycles. The molecule has 3 aromatic rings. The molecule has 0 aliphatic carbocycles. The smallest absolute Gasteiger partial charge is 0.305 e. The van der Waals surface area contributed by atoms with Crippen LogP contribution in [-0.4, -0.2) is 39.9 Å². The Morgan fingerprint density at radius 1 is 1.14 bits per heavy atom. The molecule has 0 saturated carbocycles. The normalized spacial score (nSPS) is 15.8. The number of rotatable bonds is 6. The van der Waals surface area contributed by atoms with Gasteiger partial charge in [0.2, 0.25) is 0 Å². The molecule has 1 fully saturated rings. The molecule has 1 aromatic heterocycles. The molecule has 0 amide bonds. The van der Waals surface area contributed by atoms with Crippen LogP contribution in [0.4, 0.5) is 0 Å². The highest BCUT2D eigenvalue weighted by atomic mass is 79.9. The van der Waals surface area contributed by atoms with Crippen LogP contribution in [0.15, 0.2) is 51.7 Å². The number of aryl methyl sites for hydroxylation is 1. The number of carbonyl (C=O) groups is 1. The van der Waals surface area contributed by atoms with Crippen LogP contribution in [0.3, 0.4) is 0 Å². The SMILES string of the molecule is Cc1ccc(C(=O)CCCN2CCC(n3c(=O)[nH]c4cc(Br)ccc43)CC2)cc1. The number of benzene rings is 2. The minimum atomic E-state index is -0.0276. The Bertz CT molecular complexity index is 1060. The Kier molecular flexibility index (Phi) is 6.01. The van der Waals surface area contributed by atoms with E-state index in [1.165, 1.54) is 5.56 Å². The van der Waals surface area contributed by atoms with Crippen molar-refractivity contribution in [1.82, 2.24) is 14.5 Å². The van der Waals surface area contributed by atoms with Gasteiger partial charge in [0.25, 0.3) is 0 Å². The third-order valence-electron chi connectivity index (χ3n) is 5.85. The average molecular weight is 456 g/mol. The molecule has 5 nitrogen and oxygen atoms in total. The number of aromatic amines is 1. The van der Waals surface area contributed by atoms with E-state index >= 15 is 0 Å². The van der Waals surface area contributed by atoms with E-state index in [-0.39, 0.29) is 17.5 Å². The molecule has 0 spiro atoms. The molecule has 2 heterocycles. The number of Topliss-reactive ketones (excluding diaryl/α,β-unsaturated/α-hetero) is 1. The van der Waals surface area contributed by atoms with E-state index in [0.29, 0.717) is 6.42 Å². The van der Waals surface area contributed by atoms with Gasteiger partial charge in [-0.05, 0) is 50.9 Å². The Balaban J connectivity index is 1.30. The molecule has 29 heavy (non-hydrogen) atoms. The molecule has 4 rings (SSSR count). The average Bonchev–Trinajstić information content (AvgIpc) is 3.03. The zero-order valence-electron chi connectivity index (χ0n) is 16.7. The zero-order chi connectivity index (χ0) is 20.4. The number of halogens is 1. The predicted molar refractivity (Wildman–Crippen MR) is 120 cm³/mol. The maximum absolute atomic E-state index is 12.5. The first-order valence-electron chi connectivity index (χ1n) is 10.2. The van der Waals surface area contributed by atoms with Gasteiger partial charge in [-0.15, -0.1) is 0 Å². The summed E-state index contributed by atoms with van der Waals surface area (Å²) in [5.74, 6) is 0.219. The summed E-state index contributed by atoms with van der Waals surface area (Å²) in [6.45, 7) is 4.87. The van der Waals surface area contributed by atoms with E-state index in [4.69, 9.17) is 0 Å². The number of imidazole rings is 1. The first kappa shape index (κ1) is 20.1. The summed E-state index contributed by atoms with van der Waals surface area (Å²) in [5, 5.41) is 0. The fraction of sp³-hybridized carbons (Fsp3) is 0.391. The van der Waals surface area contributed by atoms with Crippen molar-refractivity contribution in [3.63, 3.8) is 0 Å². The molecule has 0 radical (unpaired) electrons. The molecule has 0 unspecified atom stereocenters. The van der Waals surface area contributed by atoms with Crippen LogP contribution in [0.1, 0.15) is 47.6 Å². The molecule has 152 valence electrons. The van der Waals surface area contributed by atoms with Gasteiger partial charge in [0.05, 0.1) is 11.0 Å². The van der Waals surface area contributed by atoms with Crippen LogP contribution in [0, 0.1) is 6.92 Å². The van der Waals surface area contributed by atoms with Gasteiger partial charge in [-0.2, -0.15) is 0 Å². The Hall–Kier alpha value is -2.18. The summed E-state index contributed by atoms with van der Waals surface area (Å²) >= 11 is 3.46. The highest BCUT2D eigenvalue weighted by molar-refractivity contribution is 9.10. The van der Waals surface area contributed by atoms with Gasteiger partial charge in [0.1, 0.15) is 0 Å². The zero-order valence-corrected chi connectivity index (χ0v) is 18.2. The Labute approximate surface area is 178 Å². The lowest BCUT2D eigenvalue weighted by Crippen LogP contribution is -2.37. The Morgan fingerprint density at radius 2 is 1.86 bits per heavy atom. The fourth-order valence-electron chi connectivity index (χ4n) is 4.21. The number of likely N-dealkylation sites (tertiary alicyclic amines) is 1. The maximum Gasteiger partial charge on any atom is 0.326 e. The number of nitrogens with one attached hydrogen (secondary N) is 1. The molecule has 0 bridgehead atoms. The van der Waals surface area contributed by atoms with Crippen LogP contribution < -0.4 is 5.69 Å². The topological polar surface area (TPSA) is 58.1 Å². The van der Waals surface area contributed by atoms with Crippen molar-refractivity contribution in [2.75, 3.05) is 19.6 Å². The molecule has 1 saturated heterocycles. The van der Waals surface area contributed by atoms with Crippen LogP contribution in [0.25, 0.3) is 11.0 Å². The number of ketones is 1. The largest absolute Gasteiger partial charge is 0.326 e. The summed E-state index contributed by atoms with van der Waals surface area (Å²) < 4.78 is 2.88. The van der Waals surface area contributed by atoms with E-state index in [2.05, 4.69) is 25.8 Å². The molecular weight excluding hydrogens is 430 g/mol. The number of H-pyrrole nitrogens is 1. The van der Waals surface area contributed by atoms with Crippen LogP contribution in [-0.2, 0) is 0 Å². The predicted octanol–water partition coefficient (Wildman–Crippen LogP) is 4.70. The second-order valence-corrected chi connectivity index (χ2v) is 8.84. The lowest BCUT2D eigenvalue weighted by molar-refractivity contribution is 0.0970. The van der Waals surface area contributed by atoms with Crippen LogP contribution in [0.2, 0.25) is 0 Å². The number of hydrogen-bond acceptors (Lipinski definition) is 3. The number of piperidine rings is 1. The molecule has 1 N–H and O–H groups in total. The molecule has 0 atom stereocenters. The third-order valence-corrected chi connectivity index (χ3v) is 6.35. The minimum absolute atomic E-state index is 0.0276. The maximum atomic E-state index is 12.5. The summed E-state index contributed by atoms with van der Waals surface area (Å²) in [6, 6.07) is 14.0. The molecule has 6 heteroatoms. The van der Waals surface area contributed by atoms with Gasteiger partial charge >= 0.3 is 5.69 Å². The van der Waals surface area contributed by atoms with E-state index in [0.717, 1.165) is 60.0 Å². The molecule has 1 aliphatic heterocycles. The summed E-state index contributed by atoms with van der Waals surface area (Å²) in [5.41, 5.74) is 3.80. The highest BCUT2D eigenvalue weighted by Crippen LogP contribution is 2.26. The van der Waals surface area contributed by atoms with Gasteiger partial charge in [-0.3, -0.25) is 9.36 Å². The third kappa shape index (κ3) is 4.54. The second kappa shape index (κ2) is 8.67. The summed E-state index contributed by atoms with van der Waals surface area (Å²) in [6.07, 6.45) is 3.36. The van der Waals surface area contributed by atoms with Crippen LogP contribution in [0.5, 0.6) is 0 Å². The quantitative estimate of drug-likeness (QED) is 0.547. The van der Waals surface area contributed by atoms with Crippen LogP contribution >= 0.6 is 15.9 Å². The number of nitrogens with zero attached hydrogens (tertiary/aromatic N) is 2. The van der Waals surface area contributed by atoms with Gasteiger partial charge < -0.3 is 9.88 Å². The van der Waals surface area contributed by atoms with Crippen molar-refractivity contribution < 1.29 is 4.79 Å². The van der Waals surface area contributed by atoms with E-state index < -0.39 is 0 Å². The number of aromatic nitrogens is 2. The van der Waals surface area contributed by atoms with Crippen molar-refractivity contribution in [3.8, 4) is 0 Å². The summed E-state index contributed by atoms with van der Waals surface area (Å²) in [7, 11) is 0. The first-order valence-corrected chi connectivity index (χ1v) is 11.0. The Morgan fingerprint density at radius 3 is 2.59 bits per heavy atom. The number of hydrogen-bond donors (Lipinski definition) is 1. The van der Waals surface area contributed by atoms with E-state index in [1.54, 1.807) is 0 Å². The lowest BCUT2D eigenvalue weighted by atomic mass is 10.0. The van der Waals surface area contributed by atoms with Gasteiger partial charge in [0, 0.05) is 35.6 Å². The minimum Gasteiger partial charge on any atom is -0.305 e. The van der Waals surface area contributed by atoms with E-state index in [9.17, 15) is 9.59 Å². The van der Waals surface area contributed by atoms with Crippen molar-refractivity contribution in [1.29, 1.82) is 0 Å².